The van der Waals surface area contributed by atoms with Gasteiger partial charge in [0.25, 0.3) is 0 Å². The van der Waals surface area contributed by atoms with E-state index in [2.05, 4.69) is 13.8 Å². The maximum atomic E-state index is 13.1. The maximum absolute atomic E-state index is 13.1. The Balaban J connectivity index is 2.03. The summed E-state index contributed by atoms with van der Waals surface area (Å²) in [5, 5.41) is 0. The Morgan fingerprint density at radius 3 is 2.00 bits per heavy atom. The van der Waals surface area contributed by atoms with Crippen molar-refractivity contribution in [3.8, 4) is 0 Å². The standard InChI is InChI=1S/C12H20F2O2/c1-3-10(4-2)9-15-12(16-10)7-5-11(13,14)6-8-12/h3-9H2,1-2H3. The first-order chi connectivity index (χ1) is 7.45. The molecule has 4 heteroatoms. The van der Waals surface area contributed by atoms with E-state index in [1.807, 2.05) is 0 Å². The number of alkyl halides is 2. The number of hydrogen-bond acceptors (Lipinski definition) is 2. The third kappa shape index (κ3) is 2.09. The van der Waals surface area contributed by atoms with Crippen LogP contribution in [0, 0.1) is 0 Å². The van der Waals surface area contributed by atoms with Crippen LogP contribution < -0.4 is 0 Å². The van der Waals surface area contributed by atoms with E-state index < -0.39 is 11.7 Å². The monoisotopic (exact) mass is 234 g/mol. The van der Waals surface area contributed by atoms with Crippen LogP contribution in [0.3, 0.4) is 0 Å². The van der Waals surface area contributed by atoms with Gasteiger partial charge in [-0.2, -0.15) is 0 Å². The van der Waals surface area contributed by atoms with Gasteiger partial charge in [0, 0.05) is 25.7 Å². The molecule has 2 rings (SSSR count). The van der Waals surface area contributed by atoms with E-state index in [-0.39, 0.29) is 18.4 Å². The van der Waals surface area contributed by atoms with Crippen molar-refractivity contribution in [3.05, 3.63) is 0 Å². The van der Waals surface area contributed by atoms with Gasteiger partial charge in [-0.25, -0.2) is 8.78 Å². The Kier molecular flexibility index (Phi) is 2.99. The summed E-state index contributed by atoms with van der Waals surface area (Å²) in [6.45, 7) is 4.66. The van der Waals surface area contributed by atoms with Gasteiger partial charge >= 0.3 is 0 Å². The van der Waals surface area contributed by atoms with Crippen molar-refractivity contribution < 1.29 is 18.3 Å². The lowest BCUT2D eigenvalue weighted by atomic mass is 9.90. The van der Waals surface area contributed by atoms with Gasteiger partial charge in [0.05, 0.1) is 12.2 Å². The molecule has 1 saturated carbocycles. The van der Waals surface area contributed by atoms with Crippen molar-refractivity contribution in [1.82, 2.24) is 0 Å². The highest BCUT2D eigenvalue weighted by atomic mass is 19.3. The molecule has 1 aliphatic heterocycles. The average molecular weight is 234 g/mol. The molecule has 0 atom stereocenters. The minimum Gasteiger partial charge on any atom is -0.347 e. The molecule has 1 heterocycles. The lowest BCUT2D eigenvalue weighted by Gasteiger charge is -2.37. The number of halogens is 2. The van der Waals surface area contributed by atoms with Gasteiger partial charge in [-0.15, -0.1) is 0 Å². The molecule has 0 aromatic rings. The van der Waals surface area contributed by atoms with Crippen molar-refractivity contribution >= 4 is 0 Å². The number of rotatable bonds is 2. The fraction of sp³-hybridized carbons (Fsp3) is 1.00. The van der Waals surface area contributed by atoms with E-state index >= 15 is 0 Å². The van der Waals surface area contributed by atoms with Crippen LogP contribution in [0.5, 0.6) is 0 Å². The average Bonchev–Trinajstić information content (AvgIpc) is 2.64. The quantitative estimate of drug-likeness (QED) is 0.728. The van der Waals surface area contributed by atoms with Gasteiger partial charge < -0.3 is 9.47 Å². The van der Waals surface area contributed by atoms with Crippen LogP contribution in [0.1, 0.15) is 52.4 Å². The van der Waals surface area contributed by atoms with Gasteiger partial charge in [0.1, 0.15) is 0 Å². The van der Waals surface area contributed by atoms with Gasteiger partial charge in [-0.1, -0.05) is 13.8 Å². The SMILES string of the molecule is CCC1(CC)COC2(CCC(F)(F)CC2)O1. The van der Waals surface area contributed by atoms with E-state index in [0.717, 1.165) is 12.8 Å². The summed E-state index contributed by atoms with van der Waals surface area (Å²) >= 11 is 0. The maximum Gasteiger partial charge on any atom is 0.248 e. The second-order valence-electron chi connectivity index (χ2n) is 5.05. The van der Waals surface area contributed by atoms with Crippen LogP contribution in [-0.4, -0.2) is 23.9 Å². The molecule has 2 aliphatic rings. The summed E-state index contributed by atoms with van der Waals surface area (Å²) in [6.07, 6.45) is 2.17. The molecule has 0 aromatic heterocycles. The molecule has 94 valence electrons. The minimum absolute atomic E-state index is 0.115. The zero-order valence-electron chi connectivity index (χ0n) is 10.0. The molecular formula is C12H20F2O2. The summed E-state index contributed by atoms with van der Waals surface area (Å²) in [6, 6.07) is 0. The smallest absolute Gasteiger partial charge is 0.248 e. The van der Waals surface area contributed by atoms with E-state index in [1.54, 1.807) is 0 Å². The third-order valence-electron chi connectivity index (χ3n) is 4.03. The van der Waals surface area contributed by atoms with Gasteiger partial charge in [0.15, 0.2) is 5.79 Å². The summed E-state index contributed by atoms with van der Waals surface area (Å²) in [5.74, 6) is -3.24. The molecule has 0 unspecified atom stereocenters. The van der Waals surface area contributed by atoms with Crippen molar-refractivity contribution in [2.45, 2.75) is 69.7 Å². The second kappa shape index (κ2) is 3.91. The predicted molar refractivity (Wildman–Crippen MR) is 56.5 cm³/mol. The van der Waals surface area contributed by atoms with Crippen LogP contribution in [0.2, 0.25) is 0 Å². The molecule has 0 radical (unpaired) electrons. The van der Waals surface area contributed by atoms with Crippen LogP contribution in [0.15, 0.2) is 0 Å². The lowest BCUT2D eigenvalue weighted by Crippen LogP contribution is -2.42. The lowest BCUT2D eigenvalue weighted by molar-refractivity contribution is -0.231. The molecule has 2 fully saturated rings. The Bertz CT molecular complexity index is 252. The molecular weight excluding hydrogens is 214 g/mol. The molecule has 1 saturated heterocycles. The van der Waals surface area contributed by atoms with E-state index in [4.69, 9.17) is 9.47 Å². The molecule has 0 amide bonds. The normalized spacial score (nSPS) is 30.8. The van der Waals surface area contributed by atoms with Gasteiger partial charge in [0.2, 0.25) is 5.92 Å². The van der Waals surface area contributed by atoms with Crippen LogP contribution in [0.25, 0.3) is 0 Å². The Morgan fingerprint density at radius 2 is 1.56 bits per heavy atom. The van der Waals surface area contributed by atoms with Crippen LogP contribution >= 0.6 is 0 Å². The molecule has 0 N–H and O–H groups in total. The first-order valence-electron chi connectivity index (χ1n) is 6.17. The highest BCUT2D eigenvalue weighted by Gasteiger charge is 2.53. The molecule has 1 spiro atoms. The fourth-order valence-electron chi connectivity index (χ4n) is 2.56. The van der Waals surface area contributed by atoms with Crippen molar-refractivity contribution in [1.29, 1.82) is 0 Å². The predicted octanol–water partition coefficient (Wildman–Crippen LogP) is 3.50. The van der Waals surface area contributed by atoms with E-state index in [9.17, 15) is 8.78 Å². The van der Waals surface area contributed by atoms with Crippen molar-refractivity contribution in [3.63, 3.8) is 0 Å². The number of hydrogen-bond donors (Lipinski definition) is 0. The molecule has 2 nitrogen and oxygen atoms in total. The number of ether oxygens (including phenoxy) is 2. The highest BCUT2D eigenvalue weighted by Crippen LogP contribution is 2.47. The second-order valence-corrected chi connectivity index (χ2v) is 5.05. The van der Waals surface area contributed by atoms with Gasteiger partial charge in [-0.05, 0) is 12.8 Å². The molecule has 1 aliphatic carbocycles. The third-order valence-corrected chi connectivity index (χ3v) is 4.03. The van der Waals surface area contributed by atoms with Crippen molar-refractivity contribution in [2.75, 3.05) is 6.61 Å². The zero-order valence-corrected chi connectivity index (χ0v) is 10.0. The van der Waals surface area contributed by atoms with Crippen LogP contribution in [-0.2, 0) is 9.47 Å². The van der Waals surface area contributed by atoms with Gasteiger partial charge in [-0.3, -0.25) is 0 Å². The van der Waals surface area contributed by atoms with Crippen molar-refractivity contribution in [2.24, 2.45) is 0 Å². The highest BCUT2D eigenvalue weighted by molar-refractivity contribution is 4.93. The Labute approximate surface area is 95.3 Å². The topological polar surface area (TPSA) is 18.5 Å². The van der Waals surface area contributed by atoms with E-state index in [0.29, 0.717) is 19.4 Å². The summed E-state index contributed by atoms with van der Waals surface area (Å²) in [5.41, 5.74) is -0.243. The first-order valence-corrected chi connectivity index (χ1v) is 6.17. The zero-order chi connectivity index (χ0) is 11.9. The largest absolute Gasteiger partial charge is 0.347 e. The van der Waals surface area contributed by atoms with Crippen LogP contribution in [0.4, 0.5) is 8.78 Å². The molecule has 0 aromatic carbocycles. The Hall–Kier alpha value is -0.220. The molecule has 16 heavy (non-hydrogen) atoms. The first kappa shape index (κ1) is 12.2. The summed E-state index contributed by atoms with van der Waals surface area (Å²) in [4.78, 5) is 0. The summed E-state index contributed by atoms with van der Waals surface area (Å²) < 4.78 is 37.9. The summed E-state index contributed by atoms with van der Waals surface area (Å²) in [7, 11) is 0. The fourth-order valence-corrected chi connectivity index (χ4v) is 2.56. The van der Waals surface area contributed by atoms with E-state index in [1.165, 1.54) is 0 Å². The Morgan fingerprint density at radius 1 is 1.00 bits per heavy atom. The minimum atomic E-state index is -2.53. The molecule has 0 bridgehead atoms.